The fraction of sp³-hybridized carbons (Fsp3) is 0.571. The molecule has 0 aliphatic carbocycles. The fourth-order valence-electron chi connectivity index (χ4n) is 3.28. The van der Waals surface area contributed by atoms with Crippen molar-refractivity contribution < 1.29 is 4.74 Å². The van der Waals surface area contributed by atoms with Crippen LogP contribution in [0.3, 0.4) is 0 Å². The van der Waals surface area contributed by atoms with Gasteiger partial charge in [0.1, 0.15) is 5.82 Å². The van der Waals surface area contributed by atoms with Crippen LogP contribution >= 0.6 is 11.6 Å². The van der Waals surface area contributed by atoms with Crippen LogP contribution in [0, 0.1) is 0 Å². The second kappa shape index (κ2) is 9.54. The molecular weight excluding hydrogens is 346 g/mol. The van der Waals surface area contributed by atoms with Gasteiger partial charge in [-0.1, -0.05) is 43.5 Å². The molecule has 0 saturated heterocycles. The first-order valence-corrected chi connectivity index (χ1v) is 9.82. The summed E-state index contributed by atoms with van der Waals surface area (Å²) in [4.78, 5) is 6.72. The minimum atomic E-state index is -0.380. The maximum absolute atomic E-state index is 6.62. The van der Waals surface area contributed by atoms with E-state index >= 15 is 0 Å². The smallest absolute Gasteiger partial charge is 0.141 e. The van der Waals surface area contributed by atoms with Crippen LogP contribution in [-0.4, -0.2) is 41.7 Å². The predicted molar refractivity (Wildman–Crippen MR) is 110 cm³/mol. The molecule has 0 aliphatic heterocycles. The summed E-state index contributed by atoms with van der Waals surface area (Å²) in [6.45, 7) is 6.15. The largest absolute Gasteiger partial charge is 0.371 e. The number of nitrogens with zero attached hydrogens (tertiary/aromatic N) is 3. The Morgan fingerprint density at radius 2 is 2.04 bits per heavy atom. The molecule has 0 saturated carbocycles. The highest BCUT2D eigenvalue weighted by atomic mass is 35.5. The average molecular weight is 378 g/mol. The first kappa shape index (κ1) is 20.9. The van der Waals surface area contributed by atoms with E-state index in [0.717, 1.165) is 60.8 Å². The standard InChI is InChI=1S/C21H32ClN3O/c1-6-7-12-21(2,26-16-9-14-24(3)4)17-10-8-11-18(22)19(17)20-23-13-15-25(20)5/h8,10-11,13,15H,6-7,9,12,14,16H2,1-5H3. The van der Waals surface area contributed by atoms with Gasteiger partial charge in [0, 0.05) is 31.6 Å². The molecular formula is C21H32ClN3O. The SMILES string of the molecule is CCCCC(C)(OCCCN(C)C)c1cccc(Cl)c1-c1nccn1C. The molecule has 0 spiro atoms. The van der Waals surface area contributed by atoms with Crippen LogP contribution in [0.25, 0.3) is 11.4 Å². The Balaban J connectivity index is 2.38. The lowest BCUT2D eigenvalue weighted by molar-refractivity contribution is -0.0459. The van der Waals surface area contributed by atoms with E-state index in [9.17, 15) is 0 Å². The Morgan fingerprint density at radius 3 is 2.65 bits per heavy atom. The average Bonchev–Trinajstić information content (AvgIpc) is 3.02. The van der Waals surface area contributed by atoms with Crippen LogP contribution in [0.2, 0.25) is 5.02 Å². The van der Waals surface area contributed by atoms with Gasteiger partial charge in [-0.15, -0.1) is 0 Å². The van der Waals surface area contributed by atoms with E-state index in [1.165, 1.54) is 0 Å². The molecule has 1 aromatic carbocycles. The lowest BCUT2D eigenvalue weighted by Gasteiger charge is -2.33. The molecule has 5 heteroatoms. The van der Waals surface area contributed by atoms with Gasteiger partial charge >= 0.3 is 0 Å². The van der Waals surface area contributed by atoms with Crippen LogP contribution in [0.4, 0.5) is 0 Å². The Kier molecular flexibility index (Phi) is 7.69. The van der Waals surface area contributed by atoms with Gasteiger partial charge in [-0.05, 0) is 52.0 Å². The number of benzene rings is 1. The van der Waals surface area contributed by atoms with Gasteiger partial charge in [-0.25, -0.2) is 4.98 Å². The van der Waals surface area contributed by atoms with Gasteiger partial charge in [-0.3, -0.25) is 0 Å². The lowest BCUT2D eigenvalue weighted by Crippen LogP contribution is -2.29. The van der Waals surface area contributed by atoms with E-state index in [1.54, 1.807) is 0 Å². The summed E-state index contributed by atoms with van der Waals surface area (Å²) in [6.07, 6.45) is 7.97. The van der Waals surface area contributed by atoms with Gasteiger partial charge in [0.15, 0.2) is 0 Å². The Labute approximate surface area is 163 Å². The Bertz CT molecular complexity index is 698. The Hall–Kier alpha value is -1.36. The number of aryl methyl sites for hydroxylation is 1. The van der Waals surface area contributed by atoms with Crippen molar-refractivity contribution in [1.82, 2.24) is 14.5 Å². The van der Waals surface area contributed by atoms with Gasteiger partial charge in [0.25, 0.3) is 0 Å². The molecule has 0 fully saturated rings. The number of unbranched alkanes of at least 4 members (excludes halogenated alkanes) is 1. The summed E-state index contributed by atoms with van der Waals surface area (Å²) in [5, 5.41) is 0.719. The van der Waals surface area contributed by atoms with E-state index in [-0.39, 0.29) is 5.60 Å². The number of halogens is 1. The molecule has 26 heavy (non-hydrogen) atoms. The lowest BCUT2D eigenvalue weighted by atomic mass is 9.86. The van der Waals surface area contributed by atoms with Gasteiger partial charge in [0.2, 0.25) is 0 Å². The van der Waals surface area contributed by atoms with Crippen molar-refractivity contribution in [2.75, 3.05) is 27.2 Å². The summed E-state index contributed by atoms with van der Waals surface area (Å²) in [7, 11) is 6.18. The molecule has 0 bridgehead atoms. The molecule has 2 rings (SSSR count). The highest BCUT2D eigenvalue weighted by Crippen LogP contribution is 2.40. The number of rotatable bonds is 10. The number of imidazole rings is 1. The number of hydrogen-bond acceptors (Lipinski definition) is 3. The fourth-order valence-corrected chi connectivity index (χ4v) is 3.53. The second-order valence-corrected chi connectivity index (χ2v) is 7.77. The molecule has 1 unspecified atom stereocenters. The second-order valence-electron chi connectivity index (χ2n) is 7.36. The van der Waals surface area contributed by atoms with Crippen molar-refractivity contribution in [3.63, 3.8) is 0 Å². The van der Waals surface area contributed by atoms with E-state index in [4.69, 9.17) is 16.3 Å². The molecule has 0 N–H and O–H groups in total. The van der Waals surface area contributed by atoms with Gasteiger partial charge in [-0.2, -0.15) is 0 Å². The predicted octanol–water partition coefficient (Wildman–Crippen LogP) is 5.11. The molecule has 1 atom stereocenters. The van der Waals surface area contributed by atoms with Crippen molar-refractivity contribution in [3.05, 3.63) is 41.2 Å². The van der Waals surface area contributed by atoms with Crippen LogP contribution in [0.1, 0.15) is 45.1 Å². The molecule has 1 aromatic heterocycles. The van der Waals surface area contributed by atoms with Gasteiger partial charge in [0.05, 0.1) is 10.6 Å². The first-order valence-electron chi connectivity index (χ1n) is 9.44. The topological polar surface area (TPSA) is 30.3 Å². The zero-order chi connectivity index (χ0) is 19.2. The number of aromatic nitrogens is 2. The van der Waals surface area contributed by atoms with Crippen LogP contribution in [-0.2, 0) is 17.4 Å². The van der Waals surface area contributed by atoms with Crippen molar-refractivity contribution in [2.24, 2.45) is 7.05 Å². The van der Waals surface area contributed by atoms with Crippen molar-refractivity contribution in [2.45, 2.75) is 45.1 Å². The van der Waals surface area contributed by atoms with Crippen molar-refractivity contribution in [3.8, 4) is 11.4 Å². The van der Waals surface area contributed by atoms with Crippen LogP contribution in [0.5, 0.6) is 0 Å². The van der Waals surface area contributed by atoms with Crippen molar-refractivity contribution >= 4 is 11.6 Å². The third kappa shape index (κ3) is 5.09. The zero-order valence-corrected chi connectivity index (χ0v) is 17.5. The third-order valence-electron chi connectivity index (χ3n) is 4.81. The summed E-state index contributed by atoms with van der Waals surface area (Å²) in [5.74, 6) is 0.880. The van der Waals surface area contributed by atoms with Crippen molar-refractivity contribution in [1.29, 1.82) is 0 Å². The maximum Gasteiger partial charge on any atom is 0.141 e. The Morgan fingerprint density at radius 1 is 1.27 bits per heavy atom. The highest BCUT2D eigenvalue weighted by Gasteiger charge is 2.31. The van der Waals surface area contributed by atoms with E-state index in [2.05, 4.69) is 43.9 Å². The maximum atomic E-state index is 6.62. The minimum Gasteiger partial charge on any atom is -0.371 e. The number of hydrogen-bond donors (Lipinski definition) is 0. The summed E-state index contributed by atoms with van der Waals surface area (Å²) < 4.78 is 8.49. The molecule has 0 aliphatic rings. The summed E-state index contributed by atoms with van der Waals surface area (Å²) in [6, 6.07) is 6.08. The third-order valence-corrected chi connectivity index (χ3v) is 5.12. The molecule has 4 nitrogen and oxygen atoms in total. The van der Waals surface area contributed by atoms with Crippen LogP contribution in [0.15, 0.2) is 30.6 Å². The molecule has 2 aromatic rings. The quantitative estimate of drug-likeness (QED) is 0.538. The first-order chi connectivity index (χ1) is 12.4. The van der Waals surface area contributed by atoms with E-state index < -0.39 is 0 Å². The van der Waals surface area contributed by atoms with Gasteiger partial charge < -0.3 is 14.2 Å². The molecule has 144 valence electrons. The van der Waals surface area contributed by atoms with E-state index in [0.29, 0.717) is 0 Å². The zero-order valence-electron chi connectivity index (χ0n) is 16.8. The monoisotopic (exact) mass is 377 g/mol. The summed E-state index contributed by atoms with van der Waals surface area (Å²) >= 11 is 6.62. The van der Waals surface area contributed by atoms with Crippen LogP contribution < -0.4 is 0 Å². The van der Waals surface area contributed by atoms with E-state index in [1.807, 2.05) is 36.1 Å². The minimum absolute atomic E-state index is 0.380. The highest BCUT2D eigenvalue weighted by molar-refractivity contribution is 6.33. The normalized spacial score (nSPS) is 14.0. The number of ether oxygens (including phenoxy) is 1. The molecule has 0 radical (unpaired) electrons. The summed E-state index contributed by atoms with van der Waals surface area (Å²) in [5.41, 5.74) is 1.72. The molecule has 1 heterocycles. The molecule has 0 amide bonds.